The van der Waals surface area contributed by atoms with Crippen molar-refractivity contribution in [1.29, 1.82) is 0 Å². The molecule has 13 nitrogen and oxygen atoms in total. The summed E-state index contributed by atoms with van der Waals surface area (Å²) in [6, 6.07) is 7.85. The summed E-state index contributed by atoms with van der Waals surface area (Å²) in [4.78, 5) is 56.2. The number of para-hydroxylation sites is 1. The third kappa shape index (κ3) is 6.48. The van der Waals surface area contributed by atoms with Gasteiger partial charge in [0.2, 0.25) is 0 Å². The smallest absolute Gasteiger partial charge is 0.414 e. The molecule has 4 amide bonds. The molecule has 15 heteroatoms. The van der Waals surface area contributed by atoms with Crippen LogP contribution in [0.3, 0.4) is 0 Å². The van der Waals surface area contributed by atoms with E-state index in [9.17, 15) is 24.3 Å². The number of ether oxygens (including phenoxy) is 2. The Morgan fingerprint density at radius 1 is 1.10 bits per heavy atom. The number of aromatic hydroxyl groups is 1. The Balaban J connectivity index is 1.35. The zero-order valence-corrected chi connectivity index (χ0v) is 21.4. The van der Waals surface area contributed by atoms with Gasteiger partial charge in [0, 0.05) is 25.2 Å². The molecule has 40 heavy (non-hydrogen) atoms. The lowest BCUT2D eigenvalue weighted by Crippen LogP contribution is -2.41. The molecule has 0 unspecified atom stereocenters. The Bertz CT molecular complexity index is 1270. The lowest BCUT2D eigenvalue weighted by Gasteiger charge is -2.24. The molecule has 2 aliphatic heterocycles. The number of anilines is 2. The third-order valence-electron chi connectivity index (χ3n) is 6.17. The van der Waals surface area contributed by atoms with Crippen LogP contribution in [0.5, 0.6) is 5.75 Å². The van der Waals surface area contributed by atoms with E-state index in [1.54, 1.807) is 12.1 Å². The number of hydroxylamine groups is 2. The minimum absolute atomic E-state index is 0.00299. The number of nitrogens with zero attached hydrogens (tertiary/aromatic N) is 3. The SMILES string of the molecule is COC(=O)NC[C@H]1CN(c2cc(F)c(N3CCON(C(=O)CNC(=O)c4ccccc4O)CC3)c(F)c2)C(=O)O1. The number of rotatable bonds is 7. The number of phenolic OH excluding ortho intramolecular Hbond substituents is 1. The zero-order valence-electron chi connectivity index (χ0n) is 21.4. The second kappa shape index (κ2) is 12.5. The van der Waals surface area contributed by atoms with E-state index in [0.29, 0.717) is 0 Å². The second-order valence-electron chi connectivity index (χ2n) is 8.76. The van der Waals surface area contributed by atoms with E-state index < -0.39 is 48.3 Å². The molecule has 2 aliphatic rings. The van der Waals surface area contributed by atoms with Crippen LogP contribution >= 0.6 is 0 Å². The fourth-order valence-electron chi connectivity index (χ4n) is 4.19. The van der Waals surface area contributed by atoms with Gasteiger partial charge >= 0.3 is 12.2 Å². The highest BCUT2D eigenvalue weighted by molar-refractivity contribution is 5.98. The van der Waals surface area contributed by atoms with Crippen LogP contribution < -0.4 is 20.4 Å². The molecule has 2 heterocycles. The molecular weight excluding hydrogens is 536 g/mol. The Hall–Kier alpha value is -4.66. The summed E-state index contributed by atoms with van der Waals surface area (Å²) in [7, 11) is 1.18. The first-order valence-electron chi connectivity index (χ1n) is 12.2. The Morgan fingerprint density at radius 2 is 1.82 bits per heavy atom. The number of methoxy groups -OCH3 is 1. The molecule has 0 aliphatic carbocycles. The van der Waals surface area contributed by atoms with Crippen molar-refractivity contribution in [2.75, 3.05) is 62.8 Å². The first-order chi connectivity index (χ1) is 19.2. The number of nitrogens with one attached hydrogen (secondary N) is 2. The fourth-order valence-corrected chi connectivity index (χ4v) is 4.19. The summed E-state index contributed by atoms with van der Waals surface area (Å²) < 4.78 is 39.9. The molecule has 0 aromatic heterocycles. The molecule has 0 spiro atoms. The average Bonchev–Trinajstić information content (AvgIpc) is 3.14. The Morgan fingerprint density at radius 3 is 2.52 bits per heavy atom. The van der Waals surface area contributed by atoms with Crippen LogP contribution in [-0.2, 0) is 19.1 Å². The van der Waals surface area contributed by atoms with Gasteiger partial charge in [0.05, 0.1) is 51.1 Å². The number of halogens is 2. The number of amides is 4. The van der Waals surface area contributed by atoms with Crippen molar-refractivity contribution in [2.45, 2.75) is 6.10 Å². The number of carbonyl (C=O) groups is 4. The quantitative estimate of drug-likeness (QED) is 0.454. The van der Waals surface area contributed by atoms with Gasteiger partial charge in [0.1, 0.15) is 17.5 Å². The lowest BCUT2D eigenvalue weighted by atomic mass is 10.2. The van der Waals surface area contributed by atoms with Gasteiger partial charge < -0.3 is 30.1 Å². The van der Waals surface area contributed by atoms with E-state index in [0.717, 1.165) is 22.1 Å². The number of phenols is 1. The summed E-state index contributed by atoms with van der Waals surface area (Å²) in [6.07, 6.45) is -2.28. The number of alkyl carbamates (subject to hydrolysis) is 1. The van der Waals surface area contributed by atoms with Gasteiger partial charge in [-0.2, -0.15) is 0 Å². The van der Waals surface area contributed by atoms with Crippen LogP contribution in [-0.4, -0.2) is 93.3 Å². The van der Waals surface area contributed by atoms with E-state index in [4.69, 9.17) is 9.57 Å². The second-order valence-corrected chi connectivity index (χ2v) is 8.76. The predicted octanol–water partition coefficient (Wildman–Crippen LogP) is 1.36. The topological polar surface area (TPSA) is 150 Å². The summed E-state index contributed by atoms with van der Waals surface area (Å²) in [5, 5.41) is 15.6. The van der Waals surface area contributed by atoms with Crippen molar-refractivity contribution in [3.63, 3.8) is 0 Å². The molecule has 4 rings (SSSR count). The number of hydrogen-bond acceptors (Lipinski definition) is 9. The van der Waals surface area contributed by atoms with Crippen molar-refractivity contribution in [1.82, 2.24) is 15.7 Å². The highest BCUT2D eigenvalue weighted by atomic mass is 19.1. The van der Waals surface area contributed by atoms with E-state index in [1.165, 1.54) is 24.1 Å². The molecule has 2 saturated heterocycles. The first kappa shape index (κ1) is 28.4. The molecule has 0 bridgehead atoms. The normalized spacial score (nSPS) is 17.2. The van der Waals surface area contributed by atoms with Crippen molar-refractivity contribution in [3.8, 4) is 5.75 Å². The van der Waals surface area contributed by atoms with E-state index >= 15 is 8.78 Å². The van der Waals surface area contributed by atoms with Crippen LogP contribution in [0, 0.1) is 11.6 Å². The standard InChI is InChI=1S/C25H27F2N5O8/c1-38-24(36)29-12-16-14-31(25(37)40-16)15-10-18(26)22(19(27)11-15)30-6-7-32(39-9-8-30)21(34)13-28-23(35)17-4-2-3-5-20(17)33/h2-5,10-11,16,33H,6-9,12-14H2,1H3,(H,28,35)(H,29,36)/t16-/m0/s1. The molecule has 3 N–H and O–H groups in total. The predicted molar refractivity (Wildman–Crippen MR) is 135 cm³/mol. The number of cyclic esters (lactones) is 1. The zero-order chi connectivity index (χ0) is 28.8. The molecular formula is C25H27F2N5O8. The minimum atomic E-state index is -0.936. The summed E-state index contributed by atoms with van der Waals surface area (Å²) in [5.74, 6) is -3.35. The highest BCUT2D eigenvalue weighted by Gasteiger charge is 2.34. The first-order valence-corrected chi connectivity index (χ1v) is 12.2. The van der Waals surface area contributed by atoms with Gasteiger partial charge in [-0.15, -0.1) is 0 Å². The van der Waals surface area contributed by atoms with Crippen LogP contribution in [0.25, 0.3) is 0 Å². The molecule has 2 aromatic rings. The maximum Gasteiger partial charge on any atom is 0.414 e. The minimum Gasteiger partial charge on any atom is -0.507 e. The van der Waals surface area contributed by atoms with Gasteiger partial charge in [-0.3, -0.25) is 19.3 Å². The lowest BCUT2D eigenvalue weighted by molar-refractivity contribution is -0.180. The largest absolute Gasteiger partial charge is 0.507 e. The van der Waals surface area contributed by atoms with E-state index in [1.807, 2.05) is 0 Å². The molecule has 1 atom stereocenters. The summed E-state index contributed by atoms with van der Waals surface area (Å²) in [6.45, 7) is -0.581. The Labute approximate surface area is 227 Å². The van der Waals surface area contributed by atoms with Gasteiger partial charge in [0.15, 0.2) is 11.6 Å². The number of carbonyl (C=O) groups excluding carboxylic acids is 4. The molecule has 2 fully saturated rings. The number of benzene rings is 2. The Kier molecular flexibility index (Phi) is 8.83. The summed E-state index contributed by atoms with van der Waals surface area (Å²) in [5.41, 5.74) is -0.415. The average molecular weight is 564 g/mol. The van der Waals surface area contributed by atoms with Crippen molar-refractivity contribution in [2.24, 2.45) is 0 Å². The fraction of sp³-hybridized carbons (Fsp3) is 0.360. The molecule has 214 valence electrons. The molecule has 2 aromatic carbocycles. The summed E-state index contributed by atoms with van der Waals surface area (Å²) >= 11 is 0. The van der Waals surface area contributed by atoms with Crippen LogP contribution in [0.1, 0.15) is 10.4 Å². The third-order valence-corrected chi connectivity index (χ3v) is 6.17. The molecule has 0 saturated carbocycles. The monoisotopic (exact) mass is 563 g/mol. The van der Waals surface area contributed by atoms with E-state index in [2.05, 4.69) is 15.4 Å². The number of hydrogen-bond donors (Lipinski definition) is 3. The maximum absolute atomic E-state index is 15.1. The van der Waals surface area contributed by atoms with Gasteiger partial charge in [-0.05, 0) is 12.1 Å². The van der Waals surface area contributed by atoms with Crippen LogP contribution in [0.15, 0.2) is 36.4 Å². The van der Waals surface area contributed by atoms with Crippen molar-refractivity contribution >= 4 is 35.4 Å². The van der Waals surface area contributed by atoms with Crippen molar-refractivity contribution < 1.29 is 47.4 Å². The highest BCUT2D eigenvalue weighted by Crippen LogP contribution is 2.31. The van der Waals surface area contributed by atoms with Crippen molar-refractivity contribution in [3.05, 3.63) is 53.6 Å². The van der Waals surface area contributed by atoms with Gasteiger partial charge in [-0.25, -0.2) is 23.4 Å². The van der Waals surface area contributed by atoms with Crippen LogP contribution in [0.2, 0.25) is 0 Å². The van der Waals surface area contributed by atoms with Crippen LogP contribution in [0.4, 0.5) is 29.7 Å². The maximum atomic E-state index is 15.1. The van der Waals surface area contributed by atoms with Gasteiger partial charge in [-0.1, -0.05) is 12.1 Å². The van der Waals surface area contributed by atoms with E-state index in [-0.39, 0.29) is 62.0 Å². The molecule has 0 radical (unpaired) electrons. The van der Waals surface area contributed by atoms with Gasteiger partial charge in [0.25, 0.3) is 11.8 Å².